The molecule has 0 amide bonds. The first-order valence-corrected chi connectivity index (χ1v) is 10.2. The molecule has 1 heterocycles. The molecule has 30 heavy (non-hydrogen) atoms. The molecule has 1 aliphatic heterocycles. The van der Waals surface area contributed by atoms with Crippen LogP contribution in [-0.2, 0) is 27.2 Å². The van der Waals surface area contributed by atoms with Crippen LogP contribution >= 0.6 is 0 Å². The molecule has 0 bridgehead atoms. The van der Waals surface area contributed by atoms with Gasteiger partial charge in [-0.1, -0.05) is 6.07 Å². The van der Waals surface area contributed by atoms with Crippen molar-refractivity contribution in [3.8, 4) is 5.75 Å². The average Bonchev–Trinajstić information content (AvgIpc) is 3.49. The normalized spacial score (nSPS) is 19.7. The lowest BCUT2D eigenvalue weighted by molar-refractivity contribution is -0.139. The highest BCUT2D eigenvalue weighted by molar-refractivity contribution is 7.81. The Balaban J connectivity index is 1.89. The van der Waals surface area contributed by atoms with Crippen LogP contribution in [0.25, 0.3) is 0 Å². The smallest absolute Gasteiger partial charge is 0.341 e. The van der Waals surface area contributed by atoms with Crippen LogP contribution in [0.3, 0.4) is 0 Å². The molecule has 3 unspecified atom stereocenters. The number of hydrogen-bond donors (Lipinski definition) is 2. The van der Waals surface area contributed by atoms with Gasteiger partial charge >= 0.3 is 11.9 Å². The summed E-state index contributed by atoms with van der Waals surface area (Å²) < 4.78 is 47.3. The van der Waals surface area contributed by atoms with Crippen LogP contribution in [0, 0.1) is 11.7 Å². The first-order valence-electron chi connectivity index (χ1n) is 9.11. The van der Waals surface area contributed by atoms with Gasteiger partial charge in [0.05, 0.1) is 31.5 Å². The number of methoxy groups -OCH3 is 1. The number of fused-ring (bicyclic) bond motifs is 3. The van der Waals surface area contributed by atoms with Gasteiger partial charge in [-0.15, -0.1) is 0 Å². The number of aromatic carboxylic acids is 1. The number of esters is 1. The zero-order valence-corrected chi connectivity index (χ0v) is 16.6. The Kier molecular flexibility index (Phi) is 5.20. The second-order valence-corrected chi connectivity index (χ2v) is 7.97. The zero-order chi connectivity index (χ0) is 21.6. The van der Waals surface area contributed by atoms with Gasteiger partial charge in [0.15, 0.2) is 0 Å². The lowest BCUT2D eigenvalue weighted by atomic mass is 9.99. The minimum absolute atomic E-state index is 0.00481. The summed E-state index contributed by atoms with van der Waals surface area (Å²) in [6, 6.07) is 6.43. The molecule has 3 atom stereocenters. The summed E-state index contributed by atoms with van der Waals surface area (Å²) in [4.78, 5) is 23.9. The van der Waals surface area contributed by atoms with Crippen LogP contribution in [-0.4, -0.2) is 39.5 Å². The van der Waals surface area contributed by atoms with E-state index < -0.39 is 29.0 Å². The third kappa shape index (κ3) is 3.52. The van der Waals surface area contributed by atoms with E-state index in [0.29, 0.717) is 12.5 Å². The summed E-state index contributed by atoms with van der Waals surface area (Å²) in [5.41, 5.74) is 0.476. The molecule has 0 saturated heterocycles. The Hall–Kier alpha value is -2.98. The van der Waals surface area contributed by atoms with E-state index in [4.69, 9.17) is 4.74 Å². The van der Waals surface area contributed by atoms with E-state index >= 15 is 0 Å². The van der Waals surface area contributed by atoms with Gasteiger partial charge in [-0.2, -0.15) is 0 Å². The Morgan fingerprint density at radius 2 is 2.03 bits per heavy atom. The fraction of sp³-hybridized carbons (Fsp3) is 0.300. The number of carboxylic acid groups (broad SMARTS) is 1. The standard InChI is InChI=1S/C20H18FNO7S/c1-28-17(23)8-10-6-12(21)2-4-15(10)22(30(26)27)16-5-3-13-14-7-11(14)9-29-19(13)18(16)20(24)25/h2-6,11,14H,7-9H2,1H3,(H,24,25)(H,26,27). The molecule has 8 nitrogen and oxygen atoms in total. The SMILES string of the molecule is COC(=O)Cc1cc(F)ccc1N(c1ccc2c(c1C(=O)O)OCC1CC21)S(=O)O. The topological polar surface area (TPSA) is 113 Å². The second-order valence-electron chi connectivity index (χ2n) is 7.15. The number of carbonyl (C=O) groups excluding carboxylic acids is 1. The zero-order valence-electron chi connectivity index (χ0n) is 15.8. The highest BCUT2D eigenvalue weighted by Gasteiger charge is 2.46. The van der Waals surface area contributed by atoms with Crippen LogP contribution in [0.2, 0.25) is 0 Å². The predicted octanol–water partition coefficient (Wildman–Crippen LogP) is 3.01. The van der Waals surface area contributed by atoms with Crippen LogP contribution in [0.15, 0.2) is 30.3 Å². The summed E-state index contributed by atoms with van der Waals surface area (Å²) in [5, 5.41) is 9.87. The van der Waals surface area contributed by atoms with Gasteiger partial charge in [0.2, 0.25) is 0 Å². The fourth-order valence-corrected chi connectivity index (χ4v) is 4.50. The molecule has 1 saturated carbocycles. The number of benzene rings is 2. The largest absolute Gasteiger partial charge is 0.492 e. The number of ether oxygens (including phenoxy) is 2. The van der Waals surface area contributed by atoms with E-state index in [0.717, 1.165) is 35.5 Å². The van der Waals surface area contributed by atoms with Gasteiger partial charge in [0.1, 0.15) is 17.1 Å². The fourth-order valence-electron chi connectivity index (χ4n) is 3.83. The van der Waals surface area contributed by atoms with Crippen molar-refractivity contribution in [2.45, 2.75) is 18.8 Å². The number of halogens is 1. The molecule has 0 radical (unpaired) electrons. The molecule has 0 spiro atoms. The number of carbonyl (C=O) groups is 2. The molecule has 1 fully saturated rings. The average molecular weight is 435 g/mol. The number of carboxylic acids is 1. The molecule has 4 rings (SSSR count). The minimum atomic E-state index is -2.73. The first kappa shape index (κ1) is 20.3. The number of nitrogens with zero attached hydrogens (tertiary/aromatic N) is 1. The summed E-state index contributed by atoms with van der Waals surface area (Å²) in [6.07, 6.45) is 0.535. The molecule has 2 aliphatic rings. The monoisotopic (exact) mass is 435 g/mol. The van der Waals surface area contributed by atoms with Crippen molar-refractivity contribution in [1.29, 1.82) is 0 Å². The predicted molar refractivity (Wildman–Crippen MR) is 105 cm³/mol. The Bertz CT molecular complexity index is 1070. The van der Waals surface area contributed by atoms with Gasteiger partial charge in [-0.05, 0) is 47.7 Å². The van der Waals surface area contributed by atoms with Crippen LogP contribution < -0.4 is 9.04 Å². The van der Waals surface area contributed by atoms with Crippen molar-refractivity contribution < 1.29 is 37.3 Å². The molecule has 10 heteroatoms. The highest BCUT2D eigenvalue weighted by atomic mass is 32.2. The number of hydrogen-bond acceptors (Lipinski definition) is 5. The quantitative estimate of drug-likeness (QED) is 0.530. The van der Waals surface area contributed by atoms with Crippen molar-refractivity contribution >= 4 is 34.6 Å². The van der Waals surface area contributed by atoms with Gasteiger partial charge in [0.25, 0.3) is 11.3 Å². The molecule has 1 aliphatic carbocycles. The van der Waals surface area contributed by atoms with Crippen LogP contribution in [0.1, 0.15) is 33.8 Å². The minimum Gasteiger partial charge on any atom is -0.492 e. The maximum Gasteiger partial charge on any atom is 0.341 e. The van der Waals surface area contributed by atoms with Gasteiger partial charge in [0, 0.05) is 5.92 Å². The van der Waals surface area contributed by atoms with E-state index in [9.17, 15) is 27.8 Å². The van der Waals surface area contributed by atoms with E-state index in [1.54, 1.807) is 6.07 Å². The maximum atomic E-state index is 13.8. The van der Waals surface area contributed by atoms with Crippen LogP contribution in [0.5, 0.6) is 5.75 Å². The van der Waals surface area contributed by atoms with Gasteiger partial charge in [-0.25, -0.2) is 17.7 Å². The van der Waals surface area contributed by atoms with E-state index in [2.05, 4.69) is 4.74 Å². The molecular weight excluding hydrogens is 417 g/mol. The lowest BCUT2D eigenvalue weighted by Gasteiger charge is -2.27. The lowest BCUT2D eigenvalue weighted by Crippen LogP contribution is -2.25. The maximum absolute atomic E-state index is 13.8. The summed E-state index contributed by atoms with van der Waals surface area (Å²) in [7, 11) is 1.16. The third-order valence-corrected chi connectivity index (χ3v) is 6.05. The molecule has 2 aromatic rings. The van der Waals surface area contributed by atoms with Crippen molar-refractivity contribution in [3.63, 3.8) is 0 Å². The van der Waals surface area contributed by atoms with E-state index in [-0.39, 0.29) is 40.6 Å². The van der Waals surface area contributed by atoms with Gasteiger partial charge < -0.3 is 14.6 Å². The van der Waals surface area contributed by atoms with Crippen molar-refractivity contribution in [1.82, 2.24) is 0 Å². The van der Waals surface area contributed by atoms with Crippen LogP contribution in [0.4, 0.5) is 15.8 Å². The molecule has 0 aromatic heterocycles. The summed E-state index contributed by atoms with van der Waals surface area (Å²) in [5.74, 6) is -1.92. The molecular formula is C20H18FNO7S. The second kappa shape index (κ2) is 7.69. The summed E-state index contributed by atoms with van der Waals surface area (Å²) in [6.45, 7) is 0.383. The number of rotatable bonds is 6. The number of anilines is 2. The third-order valence-electron chi connectivity index (χ3n) is 5.34. The Morgan fingerprint density at radius 1 is 1.30 bits per heavy atom. The Morgan fingerprint density at radius 3 is 2.70 bits per heavy atom. The molecule has 158 valence electrons. The van der Waals surface area contributed by atoms with E-state index in [1.807, 2.05) is 0 Å². The van der Waals surface area contributed by atoms with Gasteiger partial charge in [-0.3, -0.25) is 9.35 Å². The Labute approximate surface area is 173 Å². The van der Waals surface area contributed by atoms with E-state index in [1.165, 1.54) is 12.1 Å². The molecule has 2 aromatic carbocycles. The highest BCUT2D eigenvalue weighted by Crippen LogP contribution is 2.56. The first-order chi connectivity index (χ1) is 14.3. The van der Waals surface area contributed by atoms with Crippen molar-refractivity contribution in [3.05, 3.63) is 52.8 Å². The van der Waals surface area contributed by atoms with Crippen molar-refractivity contribution in [2.75, 3.05) is 18.0 Å². The summed E-state index contributed by atoms with van der Waals surface area (Å²) >= 11 is -2.73. The molecule has 2 N–H and O–H groups in total. The van der Waals surface area contributed by atoms with Crippen molar-refractivity contribution in [2.24, 2.45) is 5.92 Å².